The first-order chi connectivity index (χ1) is 8.62. The summed E-state index contributed by atoms with van der Waals surface area (Å²) in [6.07, 6.45) is 7.81. The van der Waals surface area contributed by atoms with E-state index in [4.69, 9.17) is 9.47 Å². The predicted molar refractivity (Wildman–Crippen MR) is 81.5 cm³/mol. The van der Waals surface area contributed by atoms with E-state index in [1.54, 1.807) is 0 Å². The van der Waals surface area contributed by atoms with E-state index in [1.807, 2.05) is 0 Å². The molecule has 0 bridgehead atoms. The summed E-state index contributed by atoms with van der Waals surface area (Å²) in [4.78, 5) is 0. The fourth-order valence-corrected chi connectivity index (χ4v) is 2.79. The average molecular weight is 270 g/mol. The van der Waals surface area contributed by atoms with Crippen LogP contribution in [0.15, 0.2) is 0 Å². The van der Waals surface area contributed by atoms with Gasteiger partial charge in [0.2, 0.25) is 0 Å². The Kier molecular flexibility index (Phi) is 5.88. The summed E-state index contributed by atoms with van der Waals surface area (Å²) in [6, 6.07) is 0. The molecule has 1 aliphatic carbocycles. The van der Waals surface area contributed by atoms with Crippen LogP contribution in [0.3, 0.4) is 0 Å². The maximum Gasteiger partial charge on any atom is 0.0598 e. The third-order valence-corrected chi connectivity index (χ3v) is 3.86. The van der Waals surface area contributed by atoms with Crippen LogP contribution in [0.2, 0.25) is 0 Å². The fourth-order valence-electron chi connectivity index (χ4n) is 2.79. The van der Waals surface area contributed by atoms with E-state index < -0.39 is 0 Å². The van der Waals surface area contributed by atoms with Gasteiger partial charge in [0.25, 0.3) is 0 Å². The maximum absolute atomic E-state index is 6.07. The number of ether oxygens (including phenoxy) is 2. The van der Waals surface area contributed by atoms with Crippen molar-refractivity contribution in [3.05, 3.63) is 0 Å². The molecule has 1 rings (SSSR count). The first kappa shape index (κ1) is 17.0. The molecule has 0 atom stereocenters. The minimum Gasteiger partial charge on any atom is -0.376 e. The van der Waals surface area contributed by atoms with Gasteiger partial charge < -0.3 is 9.47 Å². The molecule has 0 N–H and O–H groups in total. The third kappa shape index (κ3) is 7.31. The van der Waals surface area contributed by atoms with Gasteiger partial charge >= 0.3 is 0 Å². The highest BCUT2D eigenvalue weighted by molar-refractivity contribution is 4.85. The van der Waals surface area contributed by atoms with Gasteiger partial charge in [-0.25, -0.2) is 0 Å². The van der Waals surface area contributed by atoms with Gasteiger partial charge in [-0.2, -0.15) is 0 Å². The van der Waals surface area contributed by atoms with E-state index in [0.717, 1.165) is 19.6 Å². The van der Waals surface area contributed by atoms with E-state index in [9.17, 15) is 0 Å². The second kappa shape index (κ2) is 6.58. The molecule has 0 aliphatic heterocycles. The van der Waals surface area contributed by atoms with Gasteiger partial charge in [-0.3, -0.25) is 0 Å². The summed E-state index contributed by atoms with van der Waals surface area (Å²) in [5.41, 5.74) is 0.400. The van der Waals surface area contributed by atoms with Gasteiger partial charge in [-0.05, 0) is 72.6 Å². The van der Waals surface area contributed by atoms with Gasteiger partial charge in [0.1, 0.15) is 0 Å². The molecule has 19 heavy (non-hydrogen) atoms. The van der Waals surface area contributed by atoms with Crippen LogP contribution in [0.1, 0.15) is 80.1 Å². The SMILES string of the molecule is CC(C)(C)OCCCC1(COC(C)(C)C)CCCC1. The van der Waals surface area contributed by atoms with Gasteiger partial charge in [0.15, 0.2) is 0 Å². The summed E-state index contributed by atoms with van der Waals surface area (Å²) in [5, 5.41) is 0. The van der Waals surface area contributed by atoms with Crippen molar-refractivity contribution < 1.29 is 9.47 Å². The van der Waals surface area contributed by atoms with Crippen LogP contribution >= 0.6 is 0 Å². The summed E-state index contributed by atoms with van der Waals surface area (Å²) in [5.74, 6) is 0. The molecule has 2 heteroatoms. The van der Waals surface area contributed by atoms with Gasteiger partial charge in [-0.15, -0.1) is 0 Å². The molecule has 0 saturated heterocycles. The maximum atomic E-state index is 6.07. The van der Waals surface area contributed by atoms with Crippen molar-refractivity contribution in [2.45, 2.75) is 91.3 Å². The molecule has 1 aliphatic rings. The molecule has 0 spiro atoms. The summed E-state index contributed by atoms with van der Waals surface area (Å²) in [6.45, 7) is 14.6. The van der Waals surface area contributed by atoms with Crippen LogP contribution in [-0.4, -0.2) is 24.4 Å². The lowest BCUT2D eigenvalue weighted by Gasteiger charge is -2.33. The Bertz CT molecular complexity index is 251. The quantitative estimate of drug-likeness (QED) is 0.635. The van der Waals surface area contributed by atoms with Crippen LogP contribution in [0.25, 0.3) is 0 Å². The largest absolute Gasteiger partial charge is 0.376 e. The van der Waals surface area contributed by atoms with Crippen molar-refractivity contribution >= 4 is 0 Å². The van der Waals surface area contributed by atoms with Gasteiger partial charge in [0, 0.05) is 6.61 Å². The molecule has 2 nitrogen and oxygen atoms in total. The lowest BCUT2D eigenvalue weighted by atomic mass is 9.82. The molecule has 0 amide bonds. The van der Waals surface area contributed by atoms with E-state index in [1.165, 1.54) is 32.1 Å². The smallest absolute Gasteiger partial charge is 0.0598 e. The highest BCUT2D eigenvalue weighted by Gasteiger charge is 2.34. The molecule has 0 radical (unpaired) electrons. The number of hydrogen-bond acceptors (Lipinski definition) is 2. The Hall–Kier alpha value is -0.0800. The zero-order valence-corrected chi connectivity index (χ0v) is 14.0. The zero-order chi connectivity index (χ0) is 14.6. The zero-order valence-electron chi connectivity index (χ0n) is 14.0. The highest BCUT2D eigenvalue weighted by Crippen LogP contribution is 2.43. The minimum absolute atomic E-state index is 0.00918. The van der Waals surface area contributed by atoms with Crippen LogP contribution in [0, 0.1) is 5.41 Å². The Balaban J connectivity index is 2.35. The van der Waals surface area contributed by atoms with Crippen LogP contribution in [0.5, 0.6) is 0 Å². The summed E-state index contributed by atoms with van der Waals surface area (Å²) >= 11 is 0. The normalized spacial score (nSPS) is 19.9. The lowest BCUT2D eigenvalue weighted by molar-refractivity contribution is -0.0589. The first-order valence-electron chi connectivity index (χ1n) is 7.90. The van der Waals surface area contributed by atoms with Crippen LogP contribution < -0.4 is 0 Å². The third-order valence-electron chi connectivity index (χ3n) is 3.86. The molecule has 0 unspecified atom stereocenters. The van der Waals surface area contributed by atoms with Crippen molar-refractivity contribution in [3.8, 4) is 0 Å². The van der Waals surface area contributed by atoms with Crippen molar-refractivity contribution in [2.24, 2.45) is 5.41 Å². The van der Waals surface area contributed by atoms with Crippen LogP contribution in [-0.2, 0) is 9.47 Å². The van der Waals surface area contributed by atoms with Crippen molar-refractivity contribution in [3.63, 3.8) is 0 Å². The van der Waals surface area contributed by atoms with E-state index in [2.05, 4.69) is 41.5 Å². The molecule has 0 aromatic rings. The van der Waals surface area contributed by atoms with E-state index in [-0.39, 0.29) is 11.2 Å². The fraction of sp³-hybridized carbons (Fsp3) is 1.00. The highest BCUT2D eigenvalue weighted by atomic mass is 16.5. The average Bonchev–Trinajstić information content (AvgIpc) is 2.69. The molecular formula is C17H34O2. The topological polar surface area (TPSA) is 18.5 Å². The van der Waals surface area contributed by atoms with E-state index in [0.29, 0.717) is 5.41 Å². The second-order valence-electron chi connectivity index (χ2n) is 8.17. The first-order valence-corrected chi connectivity index (χ1v) is 7.90. The molecule has 0 aromatic heterocycles. The molecule has 114 valence electrons. The van der Waals surface area contributed by atoms with Crippen molar-refractivity contribution in [2.75, 3.05) is 13.2 Å². The molecular weight excluding hydrogens is 236 g/mol. The van der Waals surface area contributed by atoms with E-state index >= 15 is 0 Å². The van der Waals surface area contributed by atoms with Gasteiger partial charge in [-0.1, -0.05) is 12.8 Å². The second-order valence-corrected chi connectivity index (χ2v) is 8.17. The Morgan fingerprint density at radius 1 is 0.842 bits per heavy atom. The minimum atomic E-state index is -0.0164. The summed E-state index contributed by atoms with van der Waals surface area (Å²) < 4.78 is 11.9. The van der Waals surface area contributed by atoms with Gasteiger partial charge in [0.05, 0.1) is 17.8 Å². The molecule has 0 aromatic carbocycles. The monoisotopic (exact) mass is 270 g/mol. The van der Waals surface area contributed by atoms with Crippen LogP contribution in [0.4, 0.5) is 0 Å². The Morgan fingerprint density at radius 2 is 1.37 bits per heavy atom. The molecule has 1 fully saturated rings. The van der Waals surface area contributed by atoms with Crippen molar-refractivity contribution in [1.29, 1.82) is 0 Å². The molecule has 0 heterocycles. The number of rotatable bonds is 6. The Labute approximate surface area is 120 Å². The molecule has 1 saturated carbocycles. The Morgan fingerprint density at radius 3 is 1.84 bits per heavy atom. The number of hydrogen-bond donors (Lipinski definition) is 0. The predicted octanol–water partition coefficient (Wildman–Crippen LogP) is 4.96. The lowest BCUT2D eigenvalue weighted by Crippen LogP contribution is -2.31. The summed E-state index contributed by atoms with van der Waals surface area (Å²) in [7, 11) is 0. The standard InChI is InChI=1S/C17H34O2/c1-15(2,3)18-13-9-12-17(10-7-8-11-17)14-19-16(4,5)6/h7-14H2,1-6H3. The van der Waals surface area contributed by atoms with Crippen molar-refractivity contribution in [1.82, 2.24) is 0 Å².